The predicted molar refractivity (Wildman–Crippen MR) is 69.2 cm³/mol. The van der Waals surface area contributed by atoms with Crippen LogP contribution in [0.25, 0.3) is 0 Å². The molecule has 0 radical (unpaired) electrons. The maximum absolute atomic E-state index is 11.9. The van der Waals surface area contributed by atoms with Gasteiger partial charge in [0, 0.05) is 18.8 Å². The van der Waals surface area contributed by atoms with Gasteiger partial charge in [-0.2, -0.15) is 5.26 Å². The van der Waals surface area contributed by atoms with Crippen molar-refractivity contribution in [2.75, 3.05) is 0 Å². The van der Waals surface area contributed by atoms with Gasteiger partial charge in [0.1, 0.15) is 0 Å². The molecule has 90 valence electrons. The highest BCUT2D eigenvalue weighted by molar-refractivity contribution is 5.80. The van der Waals surface area contributed by atoms with Crippen LogP contribution in [0.4, 0.5) is 0 Å². The summed E-state index contributed by atoms with van der Waals surface area (Å²) in [6.45, 7) is 1.98. The number of benzene rings is 1. The van der Waals surface area contributed by atoms with Crippen LogP contribution in [0, 0.1) is 18.3 Å². The van der Waals surface area contributed by atoms with Crippen LogP contribution < -0.4 is 0 Å². The van der Waals surface area contributed by atoms with Crippen molar-refractivity contribution in [1.29, 1.82) is 5.26 Å². The van der Waals surface area contributed by atoms with Crippen LogP contribution in [0.5, 0.6) is 0 Å². The summed E-state index contributed by atoms with van der Waals surface area (Å²) in [6, 6.07) is 13.5. The Kier molecular flexibility index (Phi) is 3.59. The third-order valence-corrected chi connectivity index (χ3v) is 2.87. The molecule has 1 aromatic carbocycles. The molecule has 0 aliphatic rings. The maximum atomic E-state index is 11.9. The molecule has 0 aliphatic heterocycles. The summed E-state index contributed by atoms with van der Waals surface area (Å²) in [6.07, 6.45) is 3.61. The average Bonchev–Trinajstić information content (AvgIpc) is 2.89. The van der Waals surface area contributed by atoms with E-state index in [2.05, 4.69) is 6.07 Å². The highest BCUT2D eigenvalue weighted by atomic mass is 16.1. The maximum Gasteiger partial charge on any atom is 0.232 e. The molecule has 1 aromatic heterocycles. The first-order valence-electron chi connectivity index (χ1n) is 5.83. The molecule has 0 N–H and O–H groups in total. The van der Waals surface area contributed by atoms with Crippen LogP contribution in [-0.2, 0) is 0 Å². The second-order valence-corrected chi connectivity index (χ2v) is 4.28. The minimum absolute atomic E-state index is 0.0620. The number of aromatic nitrogens is 1. The van der Waals surface area contributed by atoms with E-state index in [1.807, 2.05) is 31.2 Å². The zero-order chi connectivity index (χ0) is 13.0. The Hall–Kier alpha value is -2.34. The first kappa shape index (κ1) is 12.1. The van der Waals surface area contributed by atoms with Crippen molar-refractivity contribution < 1.29 is 4.79 Å². The zero-order valence-electron chi connectivity index (χ0n) is 10.2. The number of nitriles is 1. The molecular formula is C15H14N2O. The van der Waals surface area contributed by atoms with E-state index in [-0.39, 0.29) is 18.2 Å². The molecule has 0 amide bonds. The Morgan fingerprint density at radius 3 is 2.67 bits per heavy atom. The number of carbonyl (C=O) groups is 1. The smallest absolute Gasteiger partial charge is 0.232 e. The van der Waals surface area contributed by atoms with Crippen molar-refractivity contribution in [2.24, 2.45) is 0 Å². The molecule has 2 aromatic rings. The Labute approximate surface area is 106 Å². The van der Waals surface area contributed by atoms with Gasteiger partial charge in [-0.1, -0.05) is 29.8 Å². The highest BCUT2D eigenvalue weighted by Crippen LogP contribution is 2.20. The van der Waals surface area contributed by atoms with Crippen LogP contribution in [0.2, 0.25) is 0 Å². The lowest BCUT2D eigenvalue weighted by molar-refractivity contribution is 0.0899. The number of hydrogen-bond acceptors (Lipinski definition) is 2. The molecule has 18 heavy (non-hydrogen) atoms. The SMILES string of the molecule is Cc1cccc([C@@H](C#N)CC(=O)n2cccc2)c1. The first-order chi connectivity index (χ1) is 8.70. The molecule has 0 bridgehead atoms. The third-order valence-electron chi connectivity index (χ3n) is 2.87. The summed E-state index contributed by atoms with van der Waals surface area (Å²) in [4.78, 5) is 11.9. The Morgan fingerprint density at radius 2 is 2.06 bits per heavy atom. The first-order valence-corrected chi connectivity index (χ1v) is 5.83. The van der Waals surface area contributed by atoms with Gasteiger partial charge in [0.25, 0.3) is 0 Å². The van der Waals surface area contributed by atoms with Crippen molar-refractivity contribution in [1.82, 2.24) is 4.57 Å². The number of carbonyl (C=O) groups excluding carboxylic acids is 1. The molecule has 3 nitrogen and oxygen atoms in total. The van der Waals surface area contributed by atoms with E-state index in [1.54, 1.807) is 24.5 Å². The Morgan fingerprint density at radius 1 is 1.33 bits per heavy atom. The zero-order valence-corrected chi connectivity index (χ0v) is 10.2. The van der Waals surface area contributed by atoms with Gasteiger partial charge in [-0.05, 0) is 24.6 Å². The number of hydrogen-bond donors (Lipinski definition) is 0. The average molecular weight is 238 g/mol. The van der Waals surface area contributed by atoms with E-state index in [4.69, 9.17) is 0 Å². The van der Waals surface area contributed by atoms with Crippen molar-refractivity contribution in [2.45, 2.75) is 19.3 Å². The van der Waals surface area contributed by atoms with Gasteiger partial charge >= 0.3 is 0 Å². The molecule has 2 rings (SSSR count). The van der Waals surface area contributed by atoms with E-state index in [9.17, 15) is 10.1 Å². The normalized spacial score (nSPS) is 11.8. The fourth-order valence-corrected chi connectivity index (χ4v) is 1.91. The minimum atomic E-state index is -0.389. The van der Waals surface area contributed by atoms with Gasteiger partial charge < -0.3 is 0 Å². The quantitative estimate of drug-likeness (QED) is 0.824. The van der Waals surface area contributed by atoms with Crippen LogP contribution in [0.3, 0.4) is 0 Å². The number of nitrogens with zero attached hydrogens (tertiary/aromatic N) is 2. The topological polar surface area (TPSA) is 45.8 Å². The van der Waals surface area contributed by atoms with Crippen LogP contribution in [0.15, 0.2) is 48.8 Å². The Bertz CT molecular complexity index is 579. The molecule has 0 spiro atoms. The standard InChI is InChI=1S/C15H14N2O/c1-12-5-4-6-13(9-12)14(11-16)10-15(18)17-7-2-3-8-17/h2-9,14H,10H2,1H3/t14-/m1/s1. The molecule has 1 atom stereocenters. The van der Waals surface area contributed by atoms with E-state index in [0.717, 1.165) is 11.1 Å². The number of aryl methyl sites for hydroxylation is 1. The van der Waals surface area contributed by atoms with Gasteiger partial charge in [0.2, 0.25) is 5.91 Å². The van der Waals surface area contributed by atoms with Crippen molar-refractivity contribution >= 4 is 5.91 Å². The monoisotopic (exact) mass is 238 g/mol. The lowest BCUT2D eigenvalue weighted by Crippen LogP contribution is -2.12. The molecule has 0 aliphatic carbocycles. The lowest BCUT2D eigenvalue weighted by atomic mass is 9.95. The van der Waals surface area contributed by atoms with E-state index < -0.39 is 0 Å². The molecule has 0 saturated heterocycles. The molecule has 3 heteroatoms. The highest BCUT2D eigenvalue weighted by Gasteiger charge is 2.16. The Balaban J connectivity index is 2.16. The molecule has 0 saturated carbocycles. The summed E-state index contributed by atoms with van der Waals surface area (Å²) in [7, 11) is 0. The lowest BCUT2D eigenvalue weighted by Gasteiger charge is -2.09. The van der Waals surface area contributed by atoms with Crippen LogP contribution in [-0.4, -0.2) is 10.5 Å². The van der Waals surface area contributed by atoms with Gasteiger partial charge in [0.15, 0.2) is 0 Å². The summed E-state index contributed by atoms with van der Waals surface area (Å²) >= 11 is 0. The molecule has 0 unspecified atom stereocenters. The van der Waals surface area contributed by atoms with E-state index in [0.29, 0.717) is 0 Å². The molecule has 0 fully saturated rings. The summed E-state index contributed by atoms with van der Waals surface area (Å²) in [5.41, 5.74) is 2.00. The van der Waals surface area contributed by atoms with Crippen molar-refractivity contribution in [3.05, 3.63) is 59.9 Å². The van der Waals surface area contributed by atoms with Crippen molar-refractivity contribution in [3.63, 3.8) is 0 Å². The predicted octanol–water partition coefficient (Wildman–Crippen LogP) is 3.13. The molecule has 1 heterocycles. The van der Waals surface area contributed by atoms with Crippen LogP contribution >= 0.6 is 0 Å². The van der Waals surface area contributed by atoms with Gasteiger partial charge in [-0.3, -0.25) is 9.36 Å². The minimum Gasteiger partial charge on any atom is -0.295 e. The summed E-state index contributed by atoms with van der Waals surface area (Å²) in [5.74, 6) is -0.451. The second kappa shape index (κ2) is 5.33. The molecular weight excluding hydrogens is 224 g/mol. The van der Waals surface area contributed by atoms with Gasteiger partial charge in [0.05, 0.1) is 12.0 Å². The fraction of sp³-hybridized carbons (Fsp3) is 0.200. The summed E-state index contributed by atoms with van der Waals surface area (Å²) in [5, 5.41) is 9.21. The van der Waals surface area contributed by atoms with E-state index in [1.165, 1.54) is 4.57 Å². The summed E-state index contributed by atoms with van der Waals surface area (Å²) < 4.78 is 1.51. The van der Waals surface area contributed by atoms with Crippen LogP contribution in [0.1, 0.15) is 28.3 Å². The second-order valence-electron chi connectivity index (χ2n) is 4.28. The largest absolute Gasteiger partial charge is 0.295 e. The van der Waals surface area contributed by atoms with Crippen molar-refractivity contribution in [3.8, 4) is 6.07 Å². The van der Waals surface area contributed by atoms with Gasteiger partial charge in [-0.25, -0.2) is 0 Å². The third kappa shape index (κ3) is 2.67. The van der Waals surface area contributed by atoms with Gasteiger partial charge in [-0.15, -0.1) is 0 Å². The fourth-order valence-electron chi connectivity index (χ4n) is 1.91. The van der Waals surface area contributed by atoms with E-state index >= 15 is 0 Å². The number of rotatable bonds is 3.